The van der Waals surface area contributed by atoms with Crippen LogP contribution in [0.25, 0.3) is 0 Å². The van der Waals surface area contributed by atoms with Crippen molar-refractivity contribution in [2.75, 3.05) is 7.05 Å². The van der Waals surface area contributed by atoms with Crippen LogP contribution in [0.5, 0.6) is 0 Å². The van der Waals surface area contributed by atoms with E-state index < -0.39 is 0 Å². The highest BCUT2D eigenvalue weighted by atomic mass is 35.5. The second-order valence-electron chi connectivity index (χ2n) is 4.24. The minimum atomic E-state index is -0.156. The number of nitrogens with zero attached hydrogens (tertiary/aromatic N) is 1. The molecule has 0 spiro atoms. The van der Waals surface area contributed by atoms with Crippen LogP contribution < -0.4 is 0 Å². The second-order valence-corrected chi connectivity index (χ2v) is 5.05. The Hall–Kier alpha value is -1.45. The van der Waals surface area contributed by atoms with Crippen LogP contribution in [0.2, 0.25) is 10.0 Å². The zero-order chi connectivity index (χ0) is 14.0. The molecule has 0 saturated carbocycles. The third-order valence-corrected chi connectivity index (χ3v) is 3.76. The Morgan fingerprint density at radius 1 is 1.26 bits per heavy atom. The average molecular weight is 298 g/mol. The number of carbonyl (C=O) groups is 1. The van der Waals surface area contributed by atoms with Crippen molar-refractivity contribution in [3.8, 4) is 0 Å². The highest BCUT2D eigenvalue weighted by Gasteiger charge is 2.21. The van der Waals surface area contributed by atoms with Crippen molar-refractivity contribution in [1.82, 2.24) is 4.90 Å². The number of amides is 1. The summed E-state index contributed by atoms with van der Waals surface area (Å²) in [5.41, 5.74) is 0.496. The van der Waals surface area contributed by atoms with Crippen molar-refractivity contribution in [3.63, 3.8) is 0 Å². The molecule has 1 unspecified atom stereocenters. The van der Waals surface area contributed by atoms with Crippen molar-refractivity contribution >= 4 is 29.1 Å². The predicted octanol–water partition coefficient (Wildman–Crippen LogP) is 4.42. The van der Waals surface area contributed by atoms with Gasteiger partial charge in [0, 0.05) is 12.6 Å². The molecule has 1 heterocycles. The number of hydrogen-bond donors (Lipinski definition) is 0. The van der Waals surface area contributed by atoms with Gasteiger partial charge < -0.3 is 9.32 Å². The first kappa shape index (κ1) is 14.0. The fraction of sp³-hybridized carbons (Fsp3) is 0.214. The Bertz CT molecular complexity index is 581. The molecule has 3 nitrogen and oxygen atoms in total. The van der Waals surface area contributed by atoms with Gasteiger partial charge in [-0.1, -0.05) is 23.2 Å². The van der Waals surface area contributed by atoms with Gasteiger partial charge in [0.15, 0.2) is 0 Å². The summed E-state index contributed by atoms with van der Waals surface area (Å²) in [6.45, 7) is 1.90. The third kappa shape index (κ3) is 2.94. The molecule has 0 saturated heterocycles. The van der Waals surface area contributed by atoms with E-state index in [1.165, 1.54) is 0 Å². The van der Waals surface area contributed by atoms with Gasteiger partial charge in [-0.25, -0.2) is 0 Å². The van der Waals surface area contributed by atoms with Gasteiger partial charge >= 0.3 is 0 Å². The minimum absolute atomic E-state index is 0.137. The number of rotatable bonds is 3. The number of furan rings is 1. The number of hydrogen-bond acceptors (Lipinski definition) is 2. The average Bonchev–Trinajstić information content (AvgIpc) is 2.93. The summed E-state index contributed by atoms with van der Waals surface area (Å²) in [4.78, 5) is 13.9. The molecule has 2 aromatic rings. The lowest BCUT2D eigenvalue weighted by atomic mass is 10.1. The number of halogens is 2. The van der Waals surface area contributed by atoms with E-state index in [1.54, 1.807) is 42.5 Å². The molecule has 1 aromatic carbocycles. The second kappa shape index (κ2) is 5.68. The third-order valence-electron chi connectivity index (χ3n) is 3.02. The Labute approximate surface area is 121 Å². The van der Waals surface area contributed by atoms with Crippen molar-refractivity contribution in [1.29, 1.82) is 0 Å². The van der Waals surface area contributed by atoms with Crippen molar-refractivity contribution < 1.29 is 9.21 Å². The Balaban J connectivity index is 2.21. The summed E-state index contributed by atoms with van der Waals surface area (Å²) in [5.74, 6) is 0.596. The maximum Gasteiger partial charge on any atom is 0.254 e. The van der Waals surface area contributed by atoms with Crippen LogP contribution >= 0.6 is 23.2 Å². The lowest BCUT2D eigenvalue weighted by Gasteiger charge is -2.23. The van der Waals surface area contributed by atoms with E-state index in [4.69, 9.17) is 27.6 Å². The van der Waals surface area contributed by atoms with Crippen LogP contribution in [0, 0.1) is 0 Å². The quantitative estimate of drug-likeness (QED) is 0.840. The maximum atomic E-state index is 12.3. The molecule has 1 aromatic heterocycles. The first-order valence-corrected chi connectivity index (χ1v) is 6.52. The van der Waals surface area contributed by atoms with Crippen molar-refractivity contribution in [2.24, 2.45) is 0 Å². The maximum absolute atomic E-state index is 12.3. The van der Waals surface area contributed by atoms with Gasteiger partial charge in [0.2, 0.25) is 0 Å². The van der Waals surface area contributed by atoms with Crippen LogP contribution in [-0.2, 0) is 0 Å². The molecule has 5 heteroatoms. The van der Waals surface area contributed by atoms with Crippen LogP contribution in [0.1, 0.15) is 29.1 Å². The minimum Gasteiger partial charge on any atom is -0.467 e. The Kier molecular flexibility index (Phi) is 4.17. The fourth-order valence-electron chi connectivity index (χ4n) is 1.73. The largest absolute Gasteiger partial charge is 0.467 e. The van der Waals surface area contributed by atoms with E-state index in [1.807, 2.05) is 13.0 Å². The first-order valence-electron chi connectivity index (χ1n) is 5.76. The SMILES string of the molecule is CC(c1ccco1)N(C)C(=O)c1ccc(Cl)c(Cl)c1. The molecule has 1 amide bonds. The number of carbonyl (C=O) groups excluding carboxylic acids is 1. The molecule has 0 aliphatic heterocycles. The molecule has 0 radical (unpaired) electrons. The molecular formula is C14H13Cl2NO2. The topological polar surface area (TPSA) is 33.5 Å². The monoisotopic (exact) mass is 297 g/mol. The molecule has 1 atom stereocenters. The summed E-state index contributed by atoms with van der Waals surface area (Å²) < 4.78 is 5.30. The highest BCUT2D eigenvalue weighted by molar-refractivity contribution is 6.42. The van der Waals surface area contributed by atoms with Gasteiger partial charge in [-0.2, -0.15) is 0 Å². The van der Waals surface area contributed by atoms with Crippen molar-refractivity contribution in [2.45, 2.75) is 13.0 Å². The first-order chi connectivity index (χ1) is 9.00. The molecule has 0 bridgehead atoms. The van der Waals surface area contributed by atoms with Gasteiger partial charge in [-0.3, -0.25) is 4.79 Å². The Morgan fingerprint density at radius 3 is 2.58 bits per heavy atom. The fourth-order valence-corrected chi connectivity index (χ4v) is 2.03. The summed E-state index contributed by atoms with van der Waals surface area (Å²) in [7, 11) is 1.72. The summed E-state index contributed by atoms with van der Waals surface area (Å²) >= 11 is 11.8. The van der Waals surface area contributed by atoms with Gasteiger partial charge in [-0.15, -0.1) is 0 Å². The van der Waals surface area contributed by atoms with Gasteiger partial charge in [0.25, 0.3) is 5.91 Å². The molecule has 2 rings (SSSR count). The van der Waals surface area contributed by atoms with Gasteiger partial charge in [0.1, 0.15) is 5.76 Å². The van der Waals surface area contributed by atoms with E-state index >= 15 is 0 Å². The van der Waals surface area contributed by atoms with Crippen LogP contribution in [-0.4, -0.2) is 17.9 Å². The van der Waals surface area contributed by atoms with E-state index in [-0.39, 0.29) is 11.9 Å². The van der Waals surface area contributed by atoms with Gasteiger partial charge in [-0.05, 0) is 37.3 Å². The molecule has 0 N–H and O–H groups in total. The molecule has 0 aliphatic carbocycles. The van der Waals surface area contributed by atoms with Crippen LogP contribution in [0.3, 0.4) is 0 Å². The zero-order valence-corrected chi connectivity index (χ0v) is 12.1. The summed E-state index contributed by atoms with van der Waals surface area (Å²) in [6.07, 6.45) is 1.59. The summed E-state index contributed by atoms with van der Waals surface area (Å²) in [5, 5.41) is 0.798. The van der Waals surface area contributed by atoms with E-state index in [2.05, 4.69) is 0 Å². The molecular weight excluding hydrogens is 285 g/mol. The normalized spacial score (nSPS) is 12.2. The molecule has 19 heavy (non-hydrogen) atoms. The van der Waals surface area contributed by atoms with Crippen LogP contribution in [0.4, 0.5) is 0 Å². The smallest absolute Gasteiger partial charge is 0.254 e. The lowest BCUT2D eigenvalue weighted by molar-refractivity contribution is 0.0726. The van der Waals surface area contributed by atoms with E-state index in [9.17, 15) is 4.79 Å². The molecule has 100 valence electrons. The Morgan fingerprint density at radius 2 is 2.00 bits per heavy atom. The van der Waals surface area contributed by atoms with Gasteiger partial charge in [0.05, 0.1) is 22.4 Å². The zero-order valence-electron chi connectivity index (χ0n) is 10.6. The standard InChI is InChI=1S/C14H13Cl2NO2/c1-9(13-4-3-7-19-13)17(2)14(18)10-5-6-11(15)12(16)8-10/h3-9H,1-2H3. The summed E-state index contributed by atoms with van der Waals surface area (Å²) in [6, 6.07) is 8.31. The number of benzene rings is 1. The molecule has 0 aliphatic rings. The highest BCUT2D eigenvalue weighted by Crippen LogP contribution is 2.25. The lowest BCUT2D eigenvalue weighted by Crippen LogP contribution is -2.29. The van der Waals surface area contributed by atoms with Crippen LogP contribution in [0.15, 0.2) is 41.0 Å². The predicted molar refractivity (Wildman–Crippen MR) is 75.7 cm³/mol. The molecule has 0 fully saturated rings. The van der Waals surface area contributed by atoms with Crippen molar-refractivity contribution in [3.05, 3.63) is 58.0 Å². The van der Waals surface area contributed by atoms with E-state index in [0.717, 1.165) is 5.76 Å². The van der Waals surface area contributed by atoms with E-state index in [0.29, 0.717) is 15.6 Å².